The Morgan fingerprint density at radius 3 is 1.90 bits per heavy atom. The smallest absolute Gasteiger partial charge is 0.338 e. The van der Waals surface area contributed by atoms with E-state index in [2.05, 4.69) is 122 Å². The minimum Gasteiger partial charge on any atom is -0.462 e. The summed E-state index contributed by atoms with van der Waals surface area (Å²) < 4.78 is 11.3. The van der Waals surface area contributed by atoms with Gasteiger partial charge < -0.3 is 20.5 Å². The largest absolute Gasteiger partial charge is 0.462 e. The molecule has 0 saturated heterocycles. The molecule has 3 N–H and O–H groups in total. The first-order chi connectivity index (χ1) is 28.7. The van der Waals surface area contributed by atoms with E-state index in [0.717, 1.165) is 54.9 Å². The van der Waals surface area contributed by atoms with Crippen LogP contribution in [0.15, 0.2) is 127 Å². The number of esters is 2. The van der Waals surface area contributed by atoms with Crippen LogP contribution in [0.5, 0.6) is 0 Å². The maximum Gasteiger partial charge on any atom is 0.338 e. The lowest BCUT2D eigenvalue weighted by atomic mass is 9.81. The third-order valence-electron chi connectivity index (χ3n) is 13.5. The maximum absolute atomic E-state index is 13.5. The quantitative estimate of drug-likeness (QED) is 0.113. The van der Waals surface area contributed by atoms with Gasteiger partial charge in [0.15, 0.2) is 0 Å². The molecule has 5 unspecified atom stereocenters. The van der Waals surface area contributed by atoms with E-state index in [0.29, 0.717) is 41.5 Å². The van der Waals surface area contributed by atoms with Crippen molar-refractivity contribution in [3.63, 3.8) is 0 Å². The van der Waals surface area contributed by atoms with Gasteiger partial charge in [0.05, 0.1) is 17.7 Å². The first-order valence-electron chi connectivity index (χ1n) is 21.8. The fourth-order valence-corrected chi connectivity index (χ4v) is 10.2. The average Bonchev–Trinajstić information content (AvgIpc) is 3.96. The van der Waals surface area contributed by atoms with Crippen LogP contribution in [0.2, 0.25) is 0 Å². The van der Waals surface area contributed by atoms with Crippen LogP contribution in [-0.4, -0.2) is 30.6 Å². The first kappa shape index (κ1) is 40.5. The third kappa shape index (κ3) is 8.71. The van der Waals surface area contributed by atoms with Crippen molar-refractivity contribution in [1.29, 1.82) is 0 Å². The Labute approximate surface area is 349 Å². The lowest BCUT2D eigenvalue weighted by Crippen LogP contribution is -2.34. The molecule has 0 heterocycles. The summed E-state index contributed by atoms with van der Waals surface area (Å²) in [4.78, 5) is 25.7. The summed E-state index contributed by atoms with van der Waals surface area (Å²) in [7, 11) is 0. The number of carbonyl (C=O) groups excluding carboxylic acids is 2. The molecule has 59 heavy (non-hydrogen) atoms. The number of carbonyl (C=O) groups is 2. The monoisotopic (exact) mass is 786 g/mol. The van der Waals surface area contributed by atoms with Crippen LogP contribution in [0, 0.1) is 5.92 Å². The zero-order valence-electron chi connectivity index (χ0n) is 34.9. The Balaban J connectivity index is 0.879. The second kappa shape index (κ2) is 17.9. The highest BCUT2D eigenvalue weighted by molar-refractivity contribution is 5.92. The predicted octanol–water partition coefficient (Wildman–Crippen LogP) is 12.1. The van der Waals surface area contributed by atoms with Crippen LogP contribution in [0.25, 0.3) is 21.5 Å². The molecule has 6 heteroatoms. The zero-order chi connectivity index (χ0) is 41.0. The molecule has 304 valence electrons. The van der Waals surface area contributed by atoms with E-state index in [-0.39, 0.29) is 29.9 Å². The molecule has 0 amide bonds. The molecule has 2 fully saturated rings. The highest BCUT2D eigenvalue weighted by Crippen LogP contribution is 2.43. The molecule has 2 saturated carbocycles. The number of fused-ring (bicyclic) bond motifs is 2. The highest BCUT2D eigenvalue weighted by Gasteiger charge is 2.34. The van der Waals surface area contributed by atoms with Gasteiger partial charge in [0.1, 0.15) is 6.10 Å². The van der Waals surface area contributed by atoms with Gasteiger partial charge >= 0.3 is 11.9 Å². The first-order valence-corrected chi connectivity index (χ1v) is 21.8. The van der Waals surface area contributed by atoms with Gasteiger partial charge in [-0.05, 0) is 151 Å². The molecule has 0 bridgehead atoms. The summed E-state index contributed by atoms with van der Waals surface area (Å²) in [6.07, 6.45) is 6.10. The number of hydrogen-bond donors (Lipinski definition) is 2. The summed E-state index contributed by atoms with van der Waals surface area (Å²) in [5, 5.41) is 8.75. The molecule has 0 aliphatic heterocycles. The summed E-state index contributed by atoms with van der Waals surface area (Å²) in [6, 6.07) is 44.6. The molecular formula is C53H58N2O4. The molecule has 6 nitrogen and oxygen atoms in total. The SMILES string of the molecule is CCOC(=O)c1ccc([C@H]2CCC(C(N)C(C)c3cccc4c(C(C)OC(=O)c5ccc([C@H]6CC[C@@H](NC(C)c7cccc8ccccc78)C6)cc5)cccc34)C2)cc1. The molecule has 2 aliphatic carbocycles. The van der Waals surface area contributed by atoms with Crippen LogP contribution < -0.4 is 11.1 Å². The van der Waals surface area contributed by atoms with E-state index in [9.17, 15) is 9.59 Å². The number of benzene rings is 6. The average molecular weight is 787 g/mol. The molecule has 0 spiro atoms. The fraction of sp³-hybridized carbons (Fsp3) is 0.358. The van der Waals surface area contributed by atoms with Crippen LogP contribution in [0.3, 0.4) is 0 Å². The van der Waals surface area contributed by atoms with Crippen LogP contribution in [0.4, 0.5) is 0 Å². The number of hydrogen-bond acceptors (Lipinski definition) is 6. The van der Waals surface area contributed by atoms with Crippen molar-refractivity contribution < 1.29 is 19.1 Å². The van der Waals surface area contributed by atoms with E-state index < -0.39 is 6.10 Å². The second-order valence-electron chi connectivity index (χ2n) is 17.1. The van der Waals surface area contributed by atoms with Crippen LogP contribution in [0.1, 0.15) is 145 Å². The Morgan fingerprint density at radius 2 is 1.19 bits per heavy atom. The molecule has 6 aromatic carbocycles. The normalized spacial score (nSPS) is 21.2. The van der Waals surface area contributed by atoms with E-state index in [4.69, 9.17) is 15.2 Å². The van der Waals surface area contributed by atoms with Gasteiger partial charge in [0, 0.05) is 23.7 Å². The lowest BCUT2D eigenvalue weighted by molar-refractivity contribution is 0.0340. The lowest BCUT2D eigenvalue weighted by Gasteiger charge is -2.28. The Bertz CT molecular complexity index is 2400. The Kier molecular flexibility index (Phi) is 12.3. The van der Waals surface area contributed by atoms with Crippen LogP contribution >= 0.6 is 0 Å². The standard InChI is InChI=1S/C53H58N2O4/c1-5-58-52(56)39-23-19-36(20-24-39)41-27-28-43(31-41)51(54)33(2)45-14-9-18-50-47(16-10-17-49(45)50)35(4)59-53(57)40-25-21-37(22-26-40)42-29-30-44(32-42)55-34(3)46-15-8-12-38-11-6-7-13-48(38)46/h6-26,33-35,41-44,51,55H,5,27-32,54H2,1-4H3/t33?,34?,35?,41-,42-,43?,44+,51?/m0/s1. The number of ether oxygens (including phenoxy) is 2. The molecule has 8 atom stereocenters. The van der Waals surface area contributed by atoms with Crippen molar-refractivity contribution in [2.75, 3.05) is 6.61 Å². The van der Waals surface area contributed by atoms with E-state index in [1.54, 1.807) is 0 Å². The third-order valence-corrected chi connectivity index (χ3v) is 13.5. The summed E-state index contributed by atoms with van der Waals surface area (Å²) in [6.45, 7) is 8.67. The van der Waals surface area contributed by atoms with Gasteiger partial charge in [0.25, 0.3) is 0 Å². The number of nitrogens with two attached hydrogens (primary N) is 1. The van der Waals surface area contributed by atoms with Crippen molar-refractivity contribution in [3.05, 3.63) is 166 Å². The topological polar surface area (TPSA) is 90.7 Å². The Morgan fingerprint density at radius 1 is 0.627 bits per heavy atom. The van der Waals surface area contributed by atoms with E-state index in [1.807, 2.05) is 38.1 Å². The van der Waals surface area contributed by atoms with E-state index >= 15 is 0 Å². The zero-order valence-corrected chi connectivity index (χ0v) is 34.9. The van der Waals surface area contributed by atoms with Gasteiger partial charge in [-0.2, -0.15) is 0 Å². The van der Waals surface area contributed by atoms with Crippen molar-refractivity contribution >= 4 is 33.5 Å². The summed E-state index contributed by atoms with van der Waals surface area (Å²) >= 11 is 0. The summed E-state index contributed by atoms with van der Waals surface area (Å²) in [5.41, 5.74) is 14.4. The van der Waals surface area contributed by atoms with Crippen molar-refractivity contribution in [2.24, 2.45) is 11.7 Å². The van der Waals surface area contributed by atoms with Crippen molar-refractivity contribution in [1.82, 2.24) is 5.32 Å². The number of rotatable bonds is 13. The molecule has 0 aromatic heterocycles. The van der Waals surface area contributed by atoms with Crippen LogP contribution in [-0.2, 0) is 9.47 Å². The second-order valence-corrected chi connectivity index (χ2v) is 17.1. The molecular weight excluding hydrogens is 729 g/mol. The minimum absolute atomic E-state index is 0.00346. The Hall–Kier alpha value is -5.30. The molecule has 6 aromatic rings. The highest BCUT2D eigenvalue weighted by atomic mass is 16.5. The molecule has 0 radical (unpaired) electrons. The minimum atomic E-state index is -0.429. The molecule has 2 aliphatic rings. The van der Waals surface area contributed by atoms with Gasteiger partial charge in [-0.1, -0.05) is 110 Å². The van der Waals surface area contributed by atoms with Gasteiger partial charge in [0.2, 0.25) is 0 Å². The van der Waals surface area contributed by atoms with Gasteiger partial charge in [-0.3, -0.25) is 0 Å². The fourth-order valence-electron chi connectivity index (χ4n) is 10.2. The van der Waals surface area contributed by atoms with Crippen molar-refractivity contribution in [3.8, 4) is 0 Å². The maximum atomic E-state index is 13.5. The number of nitrogens with one attached hydrogen (secondary N) is 1. The van der Waals surface area contributed by atoms with Gasteiger partial charge in [-0.15, -0.1) is 0 Å². The molecule has 8 rings (SSSR count). The van der Waals surface area contributed by atoms with Gasteiger partial charge in [-0.25, -0.2) is 9.59 Å². The van der Waals surface area contributed by atoms with Crippen molar-refractivity contribution in [2.45, 2.75) is 108 Å². The summed E-state index contributed by atoms with van der Waals surface area (Å²) in [5.74, 6) is 0.824. The van der Waals surface area contributed by atoms with E-state index in [1.165, 1.54) is 33.0 Å². The predicted molar refractivity (Wildman–Crippen MR) is 239 cm³/mol.